The van der Waals surface area contributed by atoms with E-state index in [0.29, 0.717) is 12.8 Å². The Balaban J connectivity index is 2.08. The van der Waals surface area contributed by atoms with Gasteiger partial charge in [0.05, 0.1) is 5.01 Å². The SMILES string of the molecule is CCC(C)(NC(=O)c1csc(Cc2ccc(C)cc2)n1)C(=O)O. The molecule has 6 heteroatoms. The summed E-state index contributed by atoms with van der Waals surface area (Å²) in [7, 11) is 0. The van der Waals surface area contributed by atoms with Crippen molar-refractivity contribution >= 4 is 23.2 Å². The van der Waals surface area contributed by atoms with Crippen LogP contribution in [0.3, 0.4) is 0 Å². The summed E-state index contributed by atoms with van der Waals surface area (Å²) >= 11 is 1.40. The minimum absolute atomic E-state index is 0.262. The van der Waals surface area contributed by atoms with Gasteiger partial charge in [0, 0.05) is 11.8 Å². The van der Waals surface area contributed by atoms with Crippen molar-refractivity contribution in [2.75, 3.05) is 0 Å². The zero-order chi connectivity index (χ0) is 17.0. The largest absolute Gasteiger partial charge is 0.480 e. The Morgan fingerprint density at radius 1 is 1.30 bits per heavy atom. The average molecular weight is 332 g/mol. The number of aromatic nitrogens is 1. The normalized spacial score (nSPS) is 13.3. The van der Waals surface area contributed by atoms with Crippen molar-refractivity contribution in [3.63, 3.8) is 0 Å². The number of aryl methyl sites for hydroxylation is 1. The van der Waals surface area contributed by atoms with E-state index in [9.17, 15) is 14.7 Å². The van der Waals surface area contributed by atoms with Crippen molar-refractivity contribution in [2.45, 2.75) is 39.2 Å². The van der Waals surface area contributed by atoms with E-state index in [1.165, 1.54) is 23.8 Å². The predicted molar refractivity (Wildman–Crippen MR) is 89.9 cm³/mol. The Labute approximate surface area is 139 Å². The van der Waals surface area contributed by atoms with E-state index < -0.39 is 17.4 Å². The maximum absolute atomic E-state index is 12.2. The molecule has 1 atom stereocenters. The molecule has 5 nitrogen and oxygen atoms in total. The highest BCUT2D eigenvalue weighted by atomic mass is 32.1. The molecule has 0 saturated carbocycles. The minimum atomic E-state index is -1.28. The summed E-state index contributed by atoms with van der Waals surface area (Å²) in [6, 6.07) is 8.15. The number of aliphatic carboxylic acids is 1. The van der Waals surface area contributed by atoms with Gasteiger partial charge in [-0.1, -0.05) is 36.8 Å². The van der Waals surface area contributed by atoms with E-state index in [1.807, 2.05) is 31.2 Å². The first-order valence-electron chi connectivity index (χ1n) is 7.40. The van der Waals surface area contributed by atoms with Crippen LogP contribution in [0.2, 0.25) is 0 Å². The molecule has 23 heavy (non-hydrogen) atoms. The first-order valence-corrected chi connectivity index (χ1v) is 8.28. The number of carbonyl (C=O) groups is 2. The Bertz CT molecular complexity index is 709. The molecule has 122 valence electrons. The molecule has 2 aromatic rings. The smallest absolute Gasteiger partial charge is 0.329 e. The first kappa shape index (κ1) is 17.1. The van der Waals surface area contributed by atoms with Crippen LogP contribution in [0.15, 0.2) is 29.6 Å². The molecular weight excluding hydrogens is 312 g/mol. The number of hydrogen-bond donors (Lipinski definition) is 2. The summed E-state index contributed by atoms with van der Waals surface area (Å²) in [4.78, 5) is 27.8. The molecule has 0 aliphatic carbocycles. The first-order chi connectivity index (χ1) is 10.8. The highest BCUT2D eigenvalue weighted by molar-refractivity contribution is 7.09. The Morgan fingerprint density at radius 2 is 1.96 bits per heavy atom. The minimum Gasteiger partial charge on any atom is -0.480 e. The van der Waals surface area contributed by atoms with Crippen molar-refractivity contribution in [3.8, 4) is 0 Å². The number of carbonyl (C=O) groups excluding carboxylic acids is 1. The fourth-order valence-corrected chi connectivity index (χ4v) is 2.79. The average Bonchev–Trinajstić information content (AvgIpc) is 2.98. The number of thiazole rings is 1. The summed E-state index contributed by atoms with van der Waals surface area (Å²) < 4.78 is 0. The molecule has 0 spiro atoms. The summed E-state index contributed by atoms with van der Waals surface area (Å²) in [5.74, 6) is -1.51. The summed E-state index contributed by atoms with van der Waals surface area (Å²) in [6.07, 6.45) is 0.955. The van der Waals surface area contributed by atoms with E-state index in [4.69, 9.17) is 0 Å². The molecule has 1 unspecified atom stereocenters. The van der Waals surface area contributed by atoms with Crippen LogP contribution in [0.4, 0.5) is 0 Å². The third-order valence-electron chi connectivity index (χ3n) is 3.83. The Hall–Kier alpha value is -2.21. The number of rotatable bonds is 6. The zero-order valence-electron chi connectivity index (χ0n) is 13.4. The quantitative estimate of drug-likeness (QED) is 0.852. The number of nitrogens with one attached hydrogen (secondary N) is 1. The van der Waals surface area contributed by atoms with Gasteiger partial charge in [-0.2, -0.15) is 0 Å². The van der Waals surface area contributed by atoms with Crippen molar-refractivity contribution in [3.05, 3.63) is 51.5 Å². The monoisotopic (exact) mass is 332 g/mol. The molecule has 0 aliphatic heterocycles. The molecular formula is C17H20N2O3S. The fraction of sp³-hybridized carbons (Fsp3) is 0.353. The number of carboxylic acids is 1. The van der Waals surface area contributed by atoms with E-state index in [2.05, 4.69) is 10.3 Å². The molecule has 0 radical (unpaired) electrons. The van der Waals surface area contributed by atoms with Gasteiger partial charge in [-0.3, -0.25) is 4.79 Å². The number of carboxylic acid groups (broad SMARTS) is 1. The van der Waals surface area contributed by atoms with Gasteiger partial charge in [-0.25, -0.2) is 9.78 Å². The van der Waals surface area contributed by atoms with Crippen molar-refractivity contribution < 1.29 is 14.7 Å². The van der Waals surface area contributed by atoms with Gasteiger partial charge in [0.2, 0.25) is 0 Å². The molecule has 0 aliphatic rings. The van der Waals surface area contributed by atoms with E-state index in [1.54, 1.807) is 12.3 Å². The van der Waals surface area contributed by atoms with Gasteiger partial charge >= 0.3 is 5.97 Å². The van der Waals surface area contributed by atoms with Crippen LogP contribution in [-0.2, 0) is 11.2 Å². The molecule has 1 amide bonds. The summed E-state index contributed by atoms with van der Waals surface area (Å²) in [6.45, 7) is 5.24. The van der Waals surface area contributed by atoms with Crippen LogP contribution in [0.25, 0.3) is 0 Å². The lowest BCUT2D eigenvalue weighted by Crippen LogP contribution is -2.51. The maximum Gasteiger partial charge on any atom is 0.329 e. The summed E-state index contributed by atoms with van der Waals surface area (Å²) in [5.41, 5.74) is 1.30. The van der Waals surface area contributed by atoms with Gasteiger partial charge in [-0.15, -0.1) is 11.3 Å². The van der Waals surface area contributed by atoms with Crippen LogP contribution in [0.5, 0.6) is 0 Å². The second-order valence-corrected chi connectivity index (χ2v) is 6.68. The third-order valence-corrected chi connectivity index (χ3v) is 4.68. The summed E-state index contributed by atoms with van der Waals surface area (Å²) in [5, 5.41) is 14.3. The highest BCUT2D eigenvalue weighted by Gasteiger charge is 2.33. The van der Waals surface area contributed by atoms with Crippen molar-refractivity contribution in [2.24, 2.45) is 0 Å². The maximum atomic E-state index is 12.2. The molecule has 2 N–H and O–H groups in total. The number of amides is 1. The van der Waals surface area contributed by atoms with E-state index >= 15 is 0 Å². The lowest BCUT2D eigenvalue weighted by molar-refractivity contribution is -0.143. The molecule has 1 aromatic heterocycles. The van der Waals surface area contributed by atoms with Gasteiger partial charge in [0.15, 0.2) is 0 Å². The number of nitrogens with zero attached hydrogens (tertiary/aromatic N) is 1. The molecule has 0 saturated heterocycles. The standard InChI is InChI=1S/C17H20N2O3S/c1-4-17(3,16(21)22)19-15(20)13-10-23-14(18-13)9-12-7-5-11(2)6-8-12/h5-8,10H,4,9H2,1-3H3,(H,19,20)(H,21,22). The van der Waals surface area contributed by atoms with Gasteiger partial charge in [-0.05, 0) is 25.8 Å². The van der Waals surface area contributed by atoms with Crippen LogP contribution < -0.4 is 5.32 Å². The van der Waals surface area contributed by atoms with Crippen LogP contribution in [0.1, 0.15) is 46.9 Å². The topological polar surface area (TPSA) is 79.3 Å². The van der Waals surface area contributed by atoms with Gasteiger partial charge < -0.3 is 10.4 Å². The van der Waals surface area contributed by atoms with Gasteiger partial charge in [0.25, 0.3) is 5.91 Å². The number of benzene rings is 1. The lowest BCUT2D eigenvalue weighted by Gasteiger charge is -2.23. The molecule has 2 rings (SSSR count). The highest BCUT2D eigenvalue weighted by Crippen LogP contribution is 2.17. The Kier molecular flexibility index (Phi) is 5.15. The lowest BCUT2D eigenvalue weighted by atomic mass is 9.99. The molecule has 1 aromatic carbocycles. The third kappa shape index (κ3) is 4.16. The molecule has 0 bridgehead atoms. The second kappa shape index (κ2) is 6.91. The van der Waals surface area contributed by atoms with Crippen LogP contribution in [0, 0.1) is 6.92 Å². The van der Waals surface area contributed by atoms with E-state index in [-0.39, 0.29) is 5.69 Å². The zero-order valence-corrected chi connectivity index (χ0v) is 14.2. The van der Waals surface area contributed by atoms with Gasteiger partial charge in [0.1, 0.15) is 11.2 Å². The second-order valence-electron chi connectivity index (χ2n) is 5.73. The van der Waals surface area contributed by atoms with E-state index in [0.717, 1.165) is 10.6 Å². The Morgan fingerprint density at radius 3 is 2.52 bits per heavy atom. The molecule has 0 fully saturated rings. The molecule has 1 heterocycles. The van der Waals surface area contributed by atoms with Crippen molar-refractivity contribution in [1.29, 1.82) is 0 Å². The van der Waals surface area contributed by atoms with Crippen molar-refractivity contribution in [1.82, 2.24) is 10.3 Å². The van der Waals surface area contributed by atoms with Crippen LogP contribution in [-0.4, -0.2) is 27.5 Å². The predicted octanol–water partition coefficient (Wildman–Crippen LogP) is 3.03. The fourth-order valence-electron chi connectivity index (χ4n) is 1.98. The number of hydrogen-bond acceptors (Lipinski definition) is 4. The van der Waals surface area contributed by atoms with Crippen LogP contribution >= 0.6 is 11.3 Å².